The van der Waals surface area contributed by atoms with Crippen LogP contribution in [-0.4, -0.2) is 28.1 Å². The SMILES string of the molecule is Cc1ccc(F)cc1CN1CCC(c2nc(-c3ccccc3)no2)CC1. The lowest BCUT2D eigenvalue weighted by Gasteiger charge is -2.30. The fourth-order valence-electron chi connectivity index (χ4n) is 3.49. The van der Waals surface area contributed by atoms with E-state index in [-0.39, 0.29) is 5.82 Å². The number of aromatic nitrogens is 2. The van der Waals surface area contributed by atoms with Crippen LogP contribution in [0, 0.1) is 12.7 Å². The monoisotopic (exact) mass is 351 g/mol. The summed E-state index contributed by atoms with van der Waals surface area (Å²) in [6, 6.07) is 14.9. The molecular weight excluding hydrogens is 329 g/mol. The summed E-state index contributed by atoms with van der Waals surface area (Å²) in [5, 5.41) is 4.13. The zero-order chi connectivity index (χ0) is 17.9. The number of halogens is 1. The lowest BCUT2D eigenvalue weighted by Crippen LogP contribution is -2.32. The molecule has 2 aromatic carbocycles. The van der Waals surface area contributed by atoms with Gasteiger partial charge >= 0.3 is 0 Å². The van der Waals surface area contributed by atoms with Crippen LogP contribution in [-0.2, 0) is 6.54 Å². The van der Waals surface area contributed by atoms with E-state index < -0.39 is 0 Å². The van der Waals surface area contributed by atoms with Crippen LogP contribution < -0.4 is 0 Å². The average Bonchev–Trinajstić information content (AvgIpc) is 3.16. The maximum Gasteiger partial charge on any atom is 0.230 e. The zero-order valence-electron chi connectivity index (χ0n) is 14.9. The van der Waals surface area contributed by atoms with Gasteiger partial charge in [-0.15, -0.1) is 0 Å². The lowest BCUT2D eigenvalue weighted by molar-refractivity contribution is 0.187. The topological polar surface area (TPSA) is 42.2 Å². The first-order valence-electron chi connectivity index (χ1n) is 9.05. The summed E-state index contributed by atoms with van der Waals surface area (Å²) in [4.78, 5) is 6.96. The van der Waals surface area contributed by atoms with Crippen LogP contribution in [0.2, 0.25) is 0 Å². The molecule has 0 radical (unpaired) electrons. The van der Waals surface area contributed by atoms with Gasteiger partial charge in [-0.05, 0) is 56.1 Å². The van der Waals surface area contributed by atoms with Gasteiger partial charge in [0.2, 0.25) is 11.7 Å². The molecule has 1 aliphatic heterocycles. The summed E-state index contributed by atoms with van der Waals surface area (Å²) < 4.78 is 19.0. The highest BCUT2D eigenvalue weighted by Gasteiger charge is 2.25. The van der Waals surface area contributed by atoms with Gasteiger partial charge in [-0.1, -0.05) is 41.6 Å². The maximum absolute atomic E-state index is 13.5. The quantitative estimate of drug-likeness (QED) is 0.691. The number of hydrogen-bond donors (Lipinski definition) is 0. The molecule has 1 aromatic heterocycles. The molecule has 5 heteroatoms. The third kappa shape index (κ3) is 3.68. The van der Waals surface area contributed by atoms with Gasteiger partial charge in [0, 0.05) is 18.0 Å². The van der Waals surface area contributed by atoms with Crippen molar-refractivity contribution >= 4 is 0 Å². The minimum atomic E-state index is -0.167. The van der Waals surface area contributed by atoms with Crippen molar-refractivity contribution in [1.29, 1.82) is 0 Å². The Labute approximate surface area is 152 Å². The van der Waals surface area contributed by atoms with Crippen molar-refractivity contribution in [3.05, 3.63) is 71.4 Å². The van der Waals surface area contributed by atoms with E-state index in [1.807, 2.05) is 43.3 Å². The van der Waals surface area contributed by atoms with Crippen LogP contribution in [0.1, 0.15) is 35.8 Å². The van der Waals surface area contributed by atoms with Crippen LogP contribution >= 0.6 is 0 Å². The second-order valence-corrected chi connectivity index (χ2v) is 6.94. The first-order chi connectivity index (χ1) is 12.7. The molecule has 0 amide bonds. The van der Waals surface area contributed by atoms with Crippen molar-refractivity contribution < 1.29 is 8.91 Å². The van der Waals surface area contributed by atoms with Crippen LogP contribution in [0.5, 0.6) is 0 Å². The Morgan fingerprint density at radius 3 is 2.65 bits per heavy atom. The Morgan fingerprint density at radius 1 is 1.12 bits per heavy atom. The van der Waals surface area contributed by atoms with E-state index in [9.17, 15) is 4.39 Å². The molecule has 0 saturated carbocycles. The molecule has 3 aromatic rings. The van der Waals surface area contributed by atoms with E-state index in [1.165, 1.54) is 6.07 Å². The molecule has 134 valence electrons. The van der Waals surface area contributed by atoms with Crippen LogP contribution in [0.25, 0.3) is 11.4 Å². The number of aryl methyl sites for hydroxylation is 1. The highest BCUT2D eigenvalue weighted by Crippen LogP contribution is 2.29. The van der Waals surface area contributed by atoms with Crippen molar-refractivity contribution in [1.82, 2.24) is 15.0 Å². The molecule has 0 N–H and O–H groups in total. The maximum atomic E-state index is 13.5. The minimum absolute atomic E-state index is 0.167. The molecule has 2 heterocycles. The second-order valence-electron chi connectivity index (χ2n) is 6.94. The average molecular weight is 351 g/mol. The number of rotatable bonds is 4. The van der Waals surface area contributed by atoms with Gasteiger partial charge in [0.25, 0.3) is 0 Å². The van der Waals surface area contributed by atoms with Gasteiger partial charge in [0.15, 0.2) is 0 Å². The van der Waals surface area contributed by atoms with E-state index >= 15 is 0 Å². The Hall–Kier alpha value is -2.53. The number of hydrogen-bond acceptors (Lipinski definition) is 4. The molecule has 0 unspecified atom stereocenters. The van der Waals surface area contributed by atoms with Crippen molar-refractivity contribution in [3.8, 4) is 11.4 Å². The standard InChI is InChI=1S/C21H22FN3O/c1-15-7-8-19(22)13-18(15)14-25-11-9-17(10-12-25)21-23-20(24-26-21)16-5-3-2-4-6-16/h2-8,13,17H,9-12,14H2,1H3. The lowest BCUT2D eigenvalue weighted by atomic mass is 9.96. The van der Waals surface area contributed by atoms with E-state index in [0.29, 0.717) is 11.7 Å². The molecule has 1 aliphatic rings. The van der Waals surface area contributed by atoms with Crippen LogP contribution in [0.3, 0.4) is 0 Å². The summed E-state index contributed by atoms with van der Waals surface area (Å²) in [7, 11) is 0. The third-order valence-corrected chi connectivity index (χ3v) is 5.12. The number of nitrogens with zero attached hydrogens (tertiary/aromatic N) is 3. The molecule has 1 fully saturated rings. The Morgan fingerprint density at radius 2 is 1.88 bits per heavy atom. The Kier molecular flexibility index (Phi) is 4.80. The predicted octanol–water partition coefficient (Wildman–Crippen LogP) is 4.56. The van der Waals surface area contributed by atoms with Gasteiger partial charge in [0.05, 0.1) is 0 Å². The Balaban J connectivity index is 1.38. The smallest absolute Gasteiger partial charge is 0.230 e. The fourth-order valence-corrected chi connectivity index (χ4v) is 3.49. The van der Waals surface area contributed by atoms with Gasteiger partial charge < -0.3 is 4.52 Å². The van der Waals surface area contributed by atoms with Crippen molar-refractivity contribution in [2.45, 2.75) is 32.2 Å². The summed E-state index contributed by atoms with van der Waals surface area (Å²) in [6.07, 6.45) is 1.95. The van der Waals surface area contributed by atoms with E-state index in [2.05, 4.69) is 15.0 Å². The summed E-state index contributed by atoms with van der Waals surface area (Å²) >= 11 is 0. The fraction of sp³-hybridized carbons (Fsp3) is 0.333. The van der Waals surface area contributed by atoms with Crippen LogP contribution in [0.15, 0.2) is 53.1 Å². The largest absolute Gasteiger partial charge is 0.339 e. The molecule has 0 bridgehead atoms. The highest BCUT2D eigenvalue weighted by atomic mass is 19.1. The molecule has 1 saturated heterocycles. The van der Waals surface area contributed by atoms with E-state index in [1.54, 1.807) is 6.07 Å². The zero-order valence-corrected chi connectivity index (χ0v) is 14.9. The summed E-state index contributed by atoms with van der Waals surface area (Å²) in [6.45, 7) is 4.72. The normalized spacial score (nSPS) is 16.1. The first kappa shape index (κ1) is 16.9. The molecule has 0 aliphatic carbocycles. The minimum Gasteiger partial charge on any atom is -0.339 e. The van der Waals surface area contributed by atoms with Gasteiger partial charge in [-0.25, -0.2) is 4.39 Å². The molecule has 26 heavy (non-hydrogen) atoms. The number of piperidine rings is 1. The first-order valence-corrected chi connectivity index (χ1v) is 9.05. The van der Waals surface area contributed by atoms with Gasteiger partial charge in [-0.3, -0.25) is 4.90 Å². The molecule has 4 nitrogen and oxygen atoms in total. The van der Waals surface area contributed by atoms with Crippen LogP contribution in [0.4, 0.5) is 4.39 Å². The van der Waals surface area contributed by atoms with E-state index in [0.717, 1.165) is 55.1 Å². The number of likely N-dealkylation sites (tertiary alicyclic amines) is 1. The second kappa shape index (κ2) is 7.38. The summed E-state index contributed by atoms with van der Waals surface area (Å²) in [5.74, 6) is 1.51. The third-order valence-electron chi connectivity index (χ3n) is 5.12. The van der Waals surface area contributed by atoms with Crippen molar-refractivity contribution in [2.24, 2.45) is 0 Å². The van der Waals surface area contributed by atoms with E-state index in [4.69, 9.17) is 4.52 Å². The van der Waals surface area contributed by atoms with Gasteiger partial charge in [-0.2, -0.15) is 4.98 Å². The predicted molar refractivity (Wildman–Crippen MR) is 98.1 cm³/mol. The molecule has 0 spiro atoms. The number of benzene rings is 2. The van der Waals surface area contributed by atoms with Crippen molar-refractivity contribution in [2.75, 3.05) is 13.1 Å². The van der Waals surface area contributed by atoms with Gasteiger partial charge in [0.1, 0.15) is 5.82 Å². The highest BCUT2D eigenvalue weighted by molar-refractivity contribution is 5.53. The van der Waals surface area contributed by atoms with Crippen molar-refractivity contribution in [3.63, 3.8) is 0 Å². The Bertz CT molecular complexity index is 870. The molecule has 4 rings (SSSR count). The summed E-state index contributed by atoms with van der Waals surface area (Å²) in [5.41, 5.74) is 3.17. The molecular formula is C21H22FN3O. The molecule has 0 atom stereocenters.